The molecule has 0 aliphatic carbocycles. The van der Waals surface area contributed by atoms with Gasteiger partial charge < -0.3 is 36.8 Å². The highest BCUT2D eigenvalue weighted by atomic mass is 16.4. The van der Waals surface area contributed by atoms with Gasteiger partial charge in [0.05, 0.1) is 0 Å². The lowest BCUT2D eigenvalue weighted by Crippen LogP contribution is -2.59. The molecule has 7 rings (SSSR count). The first-order chi connectivity index (χ1) is 28.5. The number of carbonyl (C=O) groups is 6. The van der Waals surface area contributed by atoms with Gasteiger partial charge in [-0.05, 0) is 57.6 Å². The van der Waals surface area contributed by atoms with Crippen molar-refractivity contribution in [2.24, 2.45) is 0 Å². The number of aromatic hydroxyl groups is 1. The monoisotopic (exact) mass is 795 g/mol. The van der Waals surface area contributed by atoms with E-state index >= 15 is 0 Å². The summed E-state index contributed by atoms with van der Waals surface area (Å²) in [4.78, 5) is 81.3. The summed E-state index contributed by atoms with van der Waals surface area (Å²) in [6.07, 6.45) is -0.587. The number of nitrogens with one attached hydrogen (secondary N) is 5. The predicted molar refractivity (Wildman–Crippen MR) is 221 cm³/mol. The number of anilines is 1. The van der Waals surface area contributed by atoms with Gasteiger partial charge in [-0.1, -0.05) is 109 Å². The molecule has 13 heteroatoms. The molecule has 5 aromatic rings. The van der Waals surface area contributed by atoms with Crippen LogP contribution in [0, 0.1) is 0 Å². The minimum atomic E-state index is -1.37. The zero-order chi connectivity index (χ0) is 41.7. The van der Waals surface area contributed by atoms with E-state index in [4.69, 9.17) is 0 Å². The third-order valence-corrected chi connectivity index (χ3v) is 9.95. The Balaban J connectivity index is 1.35. The van der Waals surface area contributed by atoms with Gasteiger partial charge in [0, 0.05) is 44.2 Å². The first-order valence-electron chi connectivity index (χ1n) is 19.3. The number of carboxylic acid groups (broad SMARTS) is 1. The number of rotatable bonds is 8. The summed E-state index contributed by atoms with van der Waals surface area (Å²) in [6.45, 7) is 0. The molecular weight excluding hydrogens is 751 g/mol. The largest absolute Gasteiger partial charge is 0.508 e. The summed E-state index contributed by atoms with van der Waals surface area (Å²) < 4.78 is 0. The van der Waals surface area contributed by atoms with E-state index < -0.39 is 59.7 Å². The molecule has 2 bridgehead atoms. The van der Waals surface area contributed by atoms with Gasteiger partial charge in [-0.15, -0.1) is 0 Å². The molecule has 0 fully saturated rings. The molecule has 0 radical (unpaired) electrons. The molecule has 2 aliphatic heterocycles. The van der Waals surface area contributed by atoms with Crippen molar-refractivity contribution < 1.29 is 39.0 Å². The molecule has 0 saturated carbocycles. The molecule has 2 heterocycles. The molecule has 0 spiro atoms. The Morgan fingerprint density at radius 2 is 0.966 bits per heavy atom. The lowest BCUT2D eigenvalue weighted by Gasteiger charge is -2.26. The predicted octanol–water partition coefficient (Wildman–Crippen LogP) is 4.09. The Morgan fingerprint density at radius 1 is 0.508 bits per heavy atom. The maximum Gasteiger partial charge on any atom is 0.326 e. The van der Waals surface area contributed by atoms with Crippen molar-refractivity contribution in [1.29, 1.82) is 0 Å². The van der Waals surface area contributed by atoms with E-state index in [0.29, 0.717) is 27.9 Å². The van der Waals surface area contributed by atoms with Crippen LogP contribution < -0.4 is 26.6 Å². The molecule has 59 heavy (non-hydrogen) atoms. The molecule has 5 amide bonds. The lowest BCUT2D eigenvalue weighted by molar-refractivity contribution is -0.142. The van der Waals surface area contributed by atoms with Gasteiger partial charge in [-0.25, -0.2) is 4.79 Å². The van der Waals surface area contributed by atoms with Crippen LogP contribution in [0.1, 0.15) is 35.1 Å². The number of fused-ring (bicyclic) bond motifs is 18. The Labute approximate surface area is 341 Å². The molecule has 4 atom stereocenters. The maximum absolute atomic E-state index is 14.4. The van der Waals surface area contributed by atoms with E-state index in [1.54, 1.807) is 66.7 Å². The van der Waals surface area contributed by atoms with Crippen LogP contribution in [0.2, 0.25) is 0 Å². The van der Waals surface area contributed by atoms with Gasteiger partial charge in [-0.2, -0.15) is 0 Å². The van der Waals surface area contributed by atoms with Crippen molar-refractivity contribution in [3.63, 3.8) is 0 Å². The number of hydrogen-bond acceptors (Lipinski definition) is 7. The number of phenolic OH excluding ortho intramolecular Hbond substituents is 1. The van der Waals surface area contributed by atoms with Crippen LogP contribution >= 0.6 is 0 Å². The van der Waals surface area contributed by atoms with Gasteiger partial charge in [0.15, 0.2) is 0 Å². The summed E-state index contributed by atoms with van der Waals surface area (Å²) in [7, 11) is 0. The minimum absolute atomic E-state index is 0.00508. The third kappa shape index (κ3) is 12.1. The molecule has 5 aromatic carbocycles. The van der Waals surface area contributed by atoms with Crippen molar-refractivity contribution in [2.75, 3.05) is 5.32 Å². The molecule has 2 aliphatic rings. The normalized spacial score (nSPS) is 19.6. The van der Waals surface area contributed by atoms with E-state index in [1.807, 2.05) is 54.6 Å². The van der Waals surface area contributed by atoms with Crippen molar-refractivity contribution >= 4 is 41.2 Å². The third-order valence-electron chi connectivity index (χ3n) is 9.95. The van der Waals surface area contributed by atoms with Crippen LogP contribution in [0.3, 0.4) is 0 Å². The molecule has 0 saturated heterocycles. The van der Waals surface area contributed by atoms with E-state index in [9.17, 15) is 39.0 Å². The number of amides is 5. The zero-order valence-electron chi connectivity index (χ0n) is 32.1. The second-order valence-electron chi connectivity index (χ2n) is 14.4. The highest BCUT2D eigenvalue weighted by Crippen LogP contribution is 2.21. The van der Waals surface area contributed by atoms with Crippen LogP contribution in [0.5, 0.6) is 5.75 Å². The van der Waals surface area contributed by atoms with E-state index in [1.165, 1.54) is 12.1 Å². The number of hydrogen-bond donors (Lipinski definition) is 7. The second-order valence-corrected chi connectivity index (χ2v) is 14.4. The fraction of sp³-hybridized carbons (Fsp3) is 0.217. The van der Waals surface area contributed by atoms with Crippen molar-refractivity contribution in [3.05, 3.63) is 156 Å². The first-order valence-corrected chi connectivity index (χ1v) is 19.3. The van der Waals surface area contributed by atoms with E-state index in [0.717, 1.165) is 11.1 Å². The number of carboxylic acids is 1. The lowest BCUT2D eigenvalue weighted by atomic mass is 9.98. The van der Waals surface area contributed by atoms with E-state index in [2.05, 4.69) is 26.6 Å². The second kappa shape index (κ2) is 19.7. The van der Waals surface area contributed by atoms with Crippen LogP contribution in [0.25, 0.3) is 11.1 Å². The van der Waals surface area contributed by atoms with Crippen LogP contribution in [-0.4, -0.2) is 69.9 Å². The fourth-order valence-corrected chi connectivity index (χ4v) is 6.74. The molecule has 1 unspecified atom stereocenters. The number of phenols is 1. The molecular formula is C46H45N5O8. The van der Waals surface area contributed by atoms with Crippen molar-refractivity contribution in [2.45, 2.75) is 62.7 Å². The van der Waals surface area contributed by atoms with Gasteiger partial charge >= 0.3 is 5.97 Å². The molecule has 7 N–H and O–H groups in total. The van der Waals surface area contributed by atoms with Crippen molar-refractivity contribution in [1.82, 2.24) is 21.3 Å². The first kappa shape index (κ1) is 41.4. The smallest absolute Gasteiger partial charge is 0.326 e. The highest BCUT2D eigenvalue weighted by molar-refractivity contribution is 5.97. The summed E-state index contributed by atoms with van der Waals surface area (Å²) in [5, 5.41) is 33.7. The summed E-state index contributed by atoms with van der Waals surface area (Å²) in [5.41, 5.74) is 4.87. The van der Waals surface area contributed by atoms with Crippen molar-refractivity contribution in [3.8, 4) is 16.9 Å². The van der Waals surface area contributed by atoms with Crippen LogP contribution in [0.4, 0.5) is 5.69 Å². The minimum Gasteiger partial charge on any atom is -0.508 e. The van der Waals surface area contributed by atoms with E-state index in [-0.39, 0.29) is 44.3 Å². The molecule has 13 nitrogen and oxygen atoms in total. The highest BCUT2D eigenvalue weighted by Gasteiger charge is 2.32. The Bertz CT molecular complexity index is 2250. The Hall–Kier alpha value is -7.28. The van der Waals surface area contributed by atoms with Gasteiger partial charge in [-0.3, -0.25) is 24.0 Å². The topological polar surface area (TPSA) is 203 Å². The summed E-state index contributed by atoms with van der Waals surface area (Å²) in [6, 6.07) is 33.5. The van der Waals surface area contributed by atoms with Crippen LogP contribution in [0.15, 0.2) is 133 Å². The van der Waals surface area contributed by atoms with Gasteiger partial charge in [0.1, 0.15) is 29.9 Å². The SMILES string of the molecule is O=C1CCC(=O)NC(Cc2ccc(O)cc2)C(=O)N[C@@H](Cc2ccc(-c3ccccc3)cc2)C(=O)N[C@H](Cc2ccccc2)C(=O)N[C@H](C(=O)O)Cc2ccc(cc2)N1. The molecule has 302 valence electrons. The number of carbonyl (C=O) groups excluding carboxylic acids is 5. The molecule has 0 aromatic heterocycles. The average Bonchev–Trinajstić information content (AvgIpc) is 3.24. The van der Waals surface area contributed by atoms with Gasteiger partial charge in [0.25, 0.3) is 0 Å². The average molecular weight is 796 g/mol. The Kier molecular flexibility index (Phi) is 13.8. The zero-order valence-corrected chi connectivity index (χ0v) is 32.1. The fourth-order valence-electron chi connectivity index (χ4n) is 6.74. The van der Waals surface area contributed by atoms with Crippen LogP contribution in [-0.2, 0) is 54.5 Å². The summed E-state index contributed by atoms with van der Waals surface area (Å²) in [5.74, 6) is -4.52. The maximum atomic E-state index is 14.4. The van der Waals surface area contributed by atoms with Gasteiger partial charge in [0.2, 0.25) is 29.5 Å². The standard InChI is InChI=1S/C46H45N5O8/c52-36-21-15-32(16-22-36)26-37-43(55)49-39(27-30-11-17-34(18-12-30)33-9-5-2-6-10-33)44(56)50-38(25-29-7-3-1-4-8-29)45(57)51-40(46(58)59)28-31-13-19-35(20-14-31)47-41(53)23-24-42(54)48-37/h1-22,37-40,52H,23-28H2,(H,47,53)(H,48,54)(H,49,55)(H,50,56)(H,51,57)(H,58,59)/t37?,38-,39+,40+/m1/s1. The summed E-state index contributed by atoms with van der Waals surface area (Å²) >= 11 is 0. The Morgan fingerprint density at radius 3 is 1.53 bits per heavy atom. The quantitative estimate of drug-likeness (QED) is 0.114. The number of aliphatic carboxylic acids is 1. The number of benzene rings is 5.